The average molecular weight is 366 g/mol. The molecule has 0 atom stereocenters. The van der Waals surface area contributed by atoms with Gasteiger partial charge in [0.05, 0.1) is 16.8 Å². The molecule has 0 saturated heterocycles. The van der Waals surface area contributed by atoms with E-state index in [2.05, 4.69) is 4.98 Å². The van der Waals surface area contributed by atoms with Gasteiger partial charge in [0.15, 0.2) is 5.69 Å². The molecule has 1 aromatic heterocycles. The normalized spacial score (nSPS) is 11.8. The molecule has 2 aromatic rings. The lowest BCUT2D eigenvalue weighted by Gasteiger charge is -2.16. The Morgan fingerprint density at radius 2 is 1.92 bits per heavy atom. The molecule has 0 bridgehead atoms. The fourth-order valence-electron chi connectivity index (χ4n) is 1.92. The monoisotopic (exact) mass is 365 g/mol. The van der Waals surface area contributed by atoms with Gasteiger partial charge >= 0.3 is 6.18 Å². The highest BCUT2D eigenvalue weighted by molar-refractivity contribution is 6.32. The third-order valence-corrected chi connectivity index (χ3v) is 3.14. The topological polar surface area (TPSA) is 70.1 Å². The minimum atomic E-state index is -4.85. The van der Waals surface area contributed by atoms with Crippen LogP contribution < -0.4 is 16.0 Å². The van der Waals surface area contributed by atoms with Gasteiger partial charge in [-0.1, -0.05) is 11.6 Å². The van der Waals surface area contributed by atoms with Crippen LogP contribution in [0.2, 0.25) is 5.02 Å². The molecular formula is C14H12ClF4N3O2. The average Bonchev–Trinajstić information content (AvgIpc) is 2.41. The molecule has 10 heteroatoms. The number of aromatic nitrogens is 2. The molecule has 0 aliphatic carbocycles. The molecule has 130 valence electrons. The number of ether oxygens (including phenoxy) is 1. The molecule has 0 amide bonds. The number of nitrogens with two attached hydrogens (primary N) is 1. The number of alkyl halides is 3. The van der Waals surface area contributed by atoms with E-state index in [1.54, 1.807) is 13.8 Å². The van der Waals surface area contributed by atoms with E-state index in [1.165, 1.54) is 0 Å². The number of halogens is 5. The van der Waals surface area contributed by atoms with Gasteiger partial charge in [-0.2, -0.15) is 13.2 Å². The first kappa shape index (κ1) is 18.1. The number of rotatable bonds is 3. The summed E-state index contributed by atoms with van der Waals surface area (Å²) >= 11 is 5.85. The molecule has 1 aromatic carbocycles. The highest BCUT2D eigenvalue weighted by Gasteiger charge is 2.34. The quantitative estimate of drug-likeness (QED) is 0.846. The first-order chi connectivity index (χ1) is 11.0. The standard InChI is InChI=1S/C14H12ClF4N3O2/c1-6(2)24-10-4-9(8(16)3-7(10)15)22-12(23)5-11(14(17,18)19)21-13(22)20/h3-6H,1-2H3,(H2,20,21). The lowest BCUT2D eigenvalue weighted by Crippen LogP contribution is -2.26. The Bertz CT molecular complexity index is 834. The van der Waals surface area contributed by atoms with E-state index in [0.29, 0.717) is 4.57 Å². The Morgan fingerprint density at radius 3 is 2.42 bits per heavy atom. The van der Waals surface area contributed by atoms with Crippen LogP contribution in [0.3, 0.4) is 0 Å². The maximum atomic E-state index is 14.1. The zero-order valence-corrected chi connectivity index (χ0v) is 13.2. The summed E-state index contributed by atoms with van der Waals surface area (Å²) in [6.45, 7) is 3.39. The minimum Gasteiger partial charge on any atom is -0.489 e. The predicted molar refractivity (Wildman–Crippen MR) is 80.0 cm³/mol. The van der Waals surface area contributed by atoms with E-state index >= 15 is 0 Å². The Morgan fingerprint density at radius 1 is 1.29 bits per heavy atom. The first-order valence-electron chi connectivity index (χ1n) is 6.63. The van der Waals surface area contributed by atoms with Gasteiger partial charge in [0, 0.05) is 12.1 Å². The molecule has 1 heterocycles. The second kappa shape index (κ2) is 6.31. The van der Waals surface area contributed by atoms with Gasteiger partial charge in [-0.25, -0.2) is 13.9 Å². The molecule has 0 aliphatic rings. The molecule has 24 heavy (non-hydrogen) atoms. The van der Waals surface area contributed by atoms with Crippen molar-refractivity contribution in [2.75, 3.05) is 5.73 Å². The third kappa shape index (κ3) is 3.61. The summed E-state index contributed by atoms with van der Waals surface area (Å²) in [5.74, 6) is -1.73. The second-order valence-electron chi connectivity index (χ2n) is 5.07. The smallest absolute Gasteiger partial charge is 0.433 e. The van der Waals surface area contributed by atoms with Crippen LogP contribution in [-0.2, 0) is 6.18 Å². The van der Waals surface area contributed by atoms with Crippen molar-refractivity contribution in [2.24, 2.45) is 0 Å². The van der Waals surface area contributed by atoms with E-state index < -0.39 is 34.9 Å². The Kier molecular flexibility index (Phi) is 4.75. The molecule has 0 unspecified atom stereocenters. The van der Waals surface area contributed by atoms with Crippen molar-refractivity contribution in [3.05, 3.63) is 45.1 Å². The van der Waals surface area contributed by atoms with E-state index in [4.69, 9.17) is 22.1 Å². The molecule has 0 saturated carbocycles. The number of hydrogen-bond acceptors (Lipinski definition) is 4. The van der Waals surface area contributed by atoms with Gasteiger partial charge in [0.1, 0.15) is 11.6 Å². The van der Waals surface area contributed by atoms with E-state index in [-0.39, 0.29) is 22.9 Å². The SMILES string of the molecule is CC(C)Oc1cc(-n2c(N)nc(C(F)(F)F)cc2=O)c(F)cc1Cl. The van der Waals surface area contributed by atoms with Gasteiger partial charge in [-0.3, -0.25) is 4.79 Å². The summed E-state index contributed by atoms with van der Waals surface area (Å²) in [6, 6.07) is 2.18. The fourth-order valence-corrected chi connectivity index (χ4v) is 2.12. The van der Waals surface area contributed by atoms with Crippen LogP contribution in [0.4, 0.5) is 23.5 Å². The van der Waals surface area contributed by atoms with Gasteiger partial charge in [-0.15, -0.1) is 0 Å². The van der Waals surface area contributed by atoms with Crippen LogP contribution in [0.5, 0.6) is 5.75 Å². The van der Waals surface area contributed by atoms with Crippen LogP contribution >= 0.6 is 11.6 Å². The number of nitrogen functional groups attached to an aromatic ring is 1. The second-order valence-corrected chi connectivity index (χ2v) is 5.48. The Balaban J connectivity index is 2.66. The van der Waals surface area contributed by atoms with Crippen LogP contribution in [-0.4, -0.2) is 15.7 Å². The summed E-state index contributed by atoms with van der Waals surface area (Å²) in [5, 5.41) is -0.0589. The van der Waals surface area contributed by atoms with Crippen LogP contribution in [0.25, 0.3) is 5.69 Å². The fraction of sp³-hybridized carbons (Fsp3) is 0.286. The highest BCUT2D eigenvalue weighted by Crippen LogP contribution is 2.31. The van der Waals surface area contributed by atoms with Crippen molar-refractivity contribution >= 4 is 17.5 Å². The summed E-state index contributed by atoms with van der Waals surface area (Å²) in [6.07, 6.45) is -5.16. The minimum absolute atomic E-state index is 0.0502. The largest absolute Gasteiger partial charge is 0.489 e. The third-order valence-electron chi connectivity index (χ3n) is 2.84. The summed E-state index contributed by atoms with van der Waals surface area (Å²) in [7, 11) is 0. The number of benzene rings is 1. The lowest BCUT2D eigenvalue weighted by atomic mass is 10.2. The maximum absolute atomic E-state index is 14.1. The molecule has 2 N–H and O–H groups in total. The van der Waals surface area contributed by atoms with E-state index in [9.17, 15) is 22.4 Å². The predicted octanol–water partition coefficient (Wildman–Crippen LogP) is 3.41. The van der Waals surface area contributed by atoms with Gasteiger partial charge in [-0.05, 0) is 19.9 Å². The van der Waals surface area contributed by atoms with E-state index in [0.717, 1.165) is 12.1 Å². The molecule has 0 fully saturated rings. The molecule has 5 nitrogen and oxygen atoms in total. The van der Waals surface area contributed by atoms with E-state index in [1.807, 2.05) is 0 Å². The van der Waals surface area contributed by atoms with Gasteiger partial charge in [0.2, 0.25) is 5.95 Å². The van der Waals surface area contributed by atoms with Crippen molar-refractivity contribution in [1.82, 2.24) is 9.55 Å². The molecule has 0 spiro atoms. The van der Waals surface area contributed by atoms with Crippen molar-refractivity contribution in [2.45, 2.75) is 26.1 Å². The lowest BCUT2D eigenvalue weighted by molar-refractivity contribution is -0.141. The van der Waals surface area contributed by atoms with Crippen LogP contribution in [0.1, 0.15) is 19.5 Å². The number of hydrogen-bond donors (Lipinski definition) is 1. The Hall–Kier alpha value is -2.29. The van der Waals surface area contributed by atoms with Crippen molar-refractivity contribution in [1.29, 1.82) is 0 Å². The molecule has 0 aliphatic heterocycles. The van der Waals surface area contributed by atoms with Crippen molar-refractivity contribution in [3.8, 4) is 11.4 Å². The molecule has 2 rings (SSSR count). The maximum Gasteiger partial charge on any atom is 0.433 e. The zero-order valence-electron chi connectivity index (χ0n) is 12.5. The molecule has 0 radical (unpaired) electrons. The van der Waals surface area contributed by atoms with Crippen LogP contribution in [0.15, 0.2) is 23.0 Å². The summed E-state index contributed by atoms with van der Waals surface area (Å²) in [4.78, 5) is 15.1. The summed E-state index contributed by atoms with van der Waals surface area (Å²) in [5.41, 5.74) is 2.35. The first-order valence-corrected chi connectivity index (χ1v) is 7.01. The zero-order chi connectivity index (χ0) is 18.2. The number of nitrogens with zero attached hydrogens (tertiary/aromatic N) is 2. The molecular weight excluding hydrogens is 354 g/mol. The van der Waals surface area contributed by atoms with Crippen molar-refractivity contribution in [3.63, 3.8) is 0 Å². The van der Waals surface area contributed by atoms with Gasteiger partial charge in [0.25, 0.3) is 5.56 Å². The number of anilines is 1. The van der Waals surface area contributed by atoms with Crippen molar-refractivity contribution < 1.29 is 22.3 Å². The Labute approximate surface area is 138 Å². The van der Waals surface area contributed by atoms with Crippen LogP contribution in [0, 0.1) is 5.82 Å². The summed E-state index contributed by atoms with van der Waals surface area (Å²) < 4.78 is 57.9. The van der Waals surface area contributed by atoms with Gasteiger partial charge < -0.3 is 10.5 Å². The highest BCUT2D eigenvalue weighted by atomic mass is 35.5.